The molecule has 0 fully saturated rings. The van der Waals surface area contributed by atoms with Crippen LogP contribution in [0.1, 0.15) is 11.1 Å². The zero-order chi connectivity index (χ0) is 8.72. The molecule has 0 amide bonds. The van der Waals surface area contributed by atoms with Crippen molar-refractivity contribution >= 4 is 0 Å². The van der Waals surface area contributed by atoms with E-state index in [0.29, 0.717) is 0 Å². The van der Waals surface area contributed by atoms with E-state index in [0.717, 1.165) is 22.5 Å². The van der Waals surface area contributed by atoms with Gasteiger partial charge in [0, 0.05) is 11.6 Å². The number of hydrogen-bond donors (Lipinski definition) is 1. The lowest BCUT2D eigenvalue weighted by molar-refractivity contribution is 0.328. The Kier molecular flexibility index (Phi) is 1.37. The second kappa shape index (κ2) is 2.27. The maximum atomic E-state index is 9.15. The van der Waals surface area contributed by atoms with Crippen molar-refractivity contribution in [3.8, 4) is 17.3 Å². The predicted molar refractivity (Wildman–Crippen MR) is 46.5 cm³/mol. The zero-order valence-electron chi connectivity index (χ0n) is 7.09. The SMILES string of the molecule is Cc1cc2oc(O)cc(C)c-2c1. The summed E-state index contributed by atoms with van der Waals surface area (Å²) in [6.45, 7) is 3.96. The van der Waals surface area contributed by atoms with Crippen LogP contribution in [0.4, 0.5) is 0 Å². The Balaban J connectivity index is 2.79. The first-order valence-corrected chi connectivity index (χ1v) is 3.86. The molecule has 1 aliphatic carbocycles. The molecule has 2 rings (SSSR count). The summed E-state index contributed by atoms with van der Waals surface area (Å²) in [6, 6.07) is 5.59. The van der Waals surface area contributed by atoms with Gasteiger partial charge < -0.3 is 9.52 Å². The minimum Gasteiger partial charge on any atom is -0.481 e. The Morgan fingerprint density at radius 1 is 1.17 bits per heavy atom. The number of aromatic hydroxyl groups is 1. The molecule has 2 heteroatoms. The molecule has 2 aliphatic rings. The Morgan fingerprint density at radius 3 is 2.67 bits per heavy atom. The molecule has 0 aromatic heterocycles. The molecule has 12 heavy (non-hydrogen) atoms. The highest BCUT2D eigenvalue weighted by Gasteiger charge is 2.10. The van der Waals surface area contributed by atoms with Gasteiger partial charge in [-0.2, -0.15) is 0 Å². The van der Waals surface area contributed by atoms with Crippen molar-refractivity contribution in [2.24, 2.45) is 0 Å². The second-order valence-corrected chi connectivity index (χ2v) is 3.08. The first-order chi connectivity index (χ1) is 5.66. The summed E-state index contributed by atoms with van der Waals surface area (Å²) in [7, 11) is 0. The van der Waals surface area contributed by atoms with Gasteiger partial charge in [0.15, 0.2) is 0 Å². The molecule has 0 saturated carbocycles. The van der Waals surface area contributed by atoms with Gasteiger partial charge in [0.25, 0.3) is 5.95 Å². The summed E-state index contributed by atoms with van der Waals surface area (Å²) >= 11 is 0. The Bertz CT molecular complexity index is 387. The molecule has 0 spiro atoms. The summed E-state index contributed by atoms with van der Waals surface area (Å²) in [6.07, 6.45) is 0. The molecule has 1 N–H and O–H groups in total. The summed E-state index contributed by atoms with van der Waals surface area (Å²) in [5.74, 6) is 0.732. The van der Waals surface area contributed by atoms with Crippen molar-refractivity contribution < 1.29 is 9.52 Å². The fraction of sp³-hybridized carbons (Fsp3) is 0.200. The highest BCUT2D eigenvalue weighted by atomic mass is 16.5. The van der Waals surface area contributed by atoms with E-state index < -0.39 is 0 Å². The van der Waals surface area contributed by atoms with Crippen LogP contribution < -0.4 is 0 Å². The van der Waals surface area contributed by atoms with E-state index in [1.54, 1.807) is 6.07 Å². The molecule has 0 atom stereocenters. The van der Waals surface area contributed by atoms with Crippen LogP contribution in [-0.4, -0.2) is 5.11 Å². The molecule has 0 bridgehead atoms. The predicted octanol–water partition coefficient (Wildman–Crippen LogP) is 2.71. The lowest BCUT2D eigenvalue weighted by Gasteiger charge is -2.02. The second-order valence-electron chi connectivity index (χ2n) is 3.08. The van der Waals surface area contributed by atoms with Crippen LogP contribution in [0, 0.1) is 13.8 Å². The van der Waals surface area contributed by atoms with Crippen molar-refractivity contribution in [3.63, 3.8) is 0 Å². The normalized spacial score (nSPS) is 10.8. The molecule has 62 valence electrons. The molecular formula is C10H10O2. The van der Waals surface area contributed by atoms with Gasteiger partial charge in [0.2, 0.25) is 0 Å². The van der Waals surface area contributed by atoms with Crippen molar-refractivity contribution in [1.29, 1.82) is 0 Å². The van der Waals surface area contributed by atoms with E-state index >= 15 is 0 Å². The monoisotopic (exact) mass is 162 g/mol. The number of fused-ring (bicyclic) bond motifs is 1. The van der Waals surface area contributed by atoms with Crippen LogP contribution in [0.5, 0.6) is 5.95 Å². The topological polar surface area (TPSA) is 33.4 Å². The van der Waals surface area contributed by atoms with Gasteiger partial charge in [0.1, 0.15) is 5.76 Å². The average molecular weight is 162 g/mol. The molecule has 0 aromatic rings. The van der Waals surface area contributed by atoms with E-state index in [4.69, 9.17) is 9.52 Å². The van der Waals surface area contributed by atoms with Crippen LogP contribution in [0.15, 0.2) is 22.6 Å². The molecule has 0 radical (unpaired) electrons. The molecular weight excluding hydrogens is 152 g/mol. The van der Waals surface area contributed by atoms with Crippen LogP contribution in [0.3, 0.4) is 0 Å². The van der Waals surface area contributed by atoms with E-state index in [-0.39, 0.29) is 5.95 Å². The van der Waals surface area contributed by atoms with Gasteiger partial charge in [-0.25, -0.2) is 0 Å². The van der Waals surface area contributed by atoms with Gasteiger partial charge >= 0.3 is 0 Å². The zero-order valence-corrected chi connectivity index (χ0v) is 7.09. The van der Waals surface area contributed by atoms with Crippen LogP contribution >= 0.6 is 0 Å². The first-order valence-electron chi connectivity index (χ1n) is 3.86. The van der Waals surface area contributed by atoms with E-state index in [1.807, 2.05) is 26.0 Å². The van der Waals surface area contributed by atoms with Gasteiger partial charge in [-0.15, -0.1) is 0 Å². The standard InChI is InChI=1S/C10H10O2/c1-6-3-8-7(2)5-10(11)12-9(8)4-6/h3-5,11H,1-2H3. The third-order valence-electron chi connectivity index (χ3n) is 1.98. The van der Waals surface area contributed by atoms with Crippen LogP contribution in [0.2, 0.25) is 0 Å². The maximum Gasteiger partial charge on any atom is 0.282 e. The summed E-state index contributed by atoms with van der Waals surface area (Å²) < 4.78 is 5.12. The van der Waals surface area contributed by atoms with Gasteiger partial charge in [-0.05, 0) is 37.1 Å². The third kappa shape index (κ3) is 0.961. The van der Waals surface area contributed by atoms with Crippen LogP contribution in [0.25, 0.3) is 11.3 Å². The number of aryl methyl sites for hydroxylation is 2. The number of hydrogen-bond acceptors (Lipinski definition) is 2. The molecule has 1 aliphatic heterocycles. The molecule has 0 saturated heterocycles. The Hall–Kier alpha value is -1.44. The number of rotatable bonds is 0. The Morgan fingerprint density at radius 2 is 1.92 bits per heavy atom. The third-order valence-corrected chi connectivity index (χ3v) is 1.98. The maximum absolute atomic E-state index is 9.15. The Labute approximate surface area is 70.8 Å². The van der Waals surface area contributed by atoms with Crippen molar-refractivity contribution in [3.05, 3.63) is 29.3 Å². The highest BCUT2D eigenvalue weighted by Crippen LogP contribution is 2.32. The fourth-order valence-corrected chi connectivity index (χ4v) is 1.42. The van der Waals surface area contributed by atoms with E-state index in [1.165, 1.54) is 0 Å². The fourth-order valence-electron chi connectivity index (χ4n) is 1.42. The average Bonchev–Trinajstić information content (AvgIpc) is 2.29. The highest BCUT2D eigenvalue weighted by molar-refractivity contribution is 5.67. The van der Waals surface area contributed by atoms with Crippen molar-refractivity contribution in [2.75, 3.05) is 0 Å². The van der Waals surface area contributed by atoms with E-state index in [2.05, 4.69) is 0 Å². The lowest BCUT2D eigenvalue weighted by atomic mass is 10.1. The molecule has 1 heterocycles. The first kappa shape index (κ1) is 7.22. The summed E-state index contributed by atoms with van der Waals surface area (Å²) in [4.78, 5) is 0. The summed E-state index contributed by atoms with van der Waals surface area (Å²) in [5.41, 5.74) is 3.27. The smallest absolute Gasteiger partial charge is 0.282 e. The van der Waals surface area contributed by atoms with Crippen molar-refractivity contribution in [1.82, 2.24) is 0 Å². The minimum absolute atomic E-state index is 0.0226. The molecule has 0 unspecified atom stereocenters. The quantitative estimate of drug-likeness (QED) is 0.646. The van der Waals surface area contributed by atoms with Crippen LogP contribution in [-0.2, 0) is 0 Å². The van der Waals surface area contributed by atoms with Gasteiger partial charge in [0.05, 0.1) is 0 Å². The van der Waals surface area contributed by atoms with Gasteiger partial charge in [-0.1, -0.05) is 0 Å². The van der Waals surface area contributed by atoms with Crippen molar-refractivity contribution in [2.45, 2.75) is 13.8 Å². The molecule has 0 aromatic carbocycles. The minimum atomic E-state index is -0.0226. The van der Waals surface area contributed by atoms with E-state index in [9.17, 15) is 0 Å². The van der Waals surface area contributed by atoms with Gasteiger partial charge in [-0.3, -0.25) is 0 Å². The lowest BCUT2D eigenvalue weighted by Crippen LogP contribution is -1.78. The summed E-state index contributed by atoms with van der Waals surface area (Å²) in [5, 5.41) is 9.15. The largest absolute Gasteiger partial charge is 0.481 e. The molecule has 2 nitrogen and oxygen atoms in total.